The molecule has 1 N–H and O–H groups in total. The average molecular weight is 263 g/mol. The highest BCUT2D eigenvalue weighted by atomic mass is 15.2. The predicted octanol–water partition coefficient (Wildman–Crippen LogP) is 1.60. The Hall–Kier alpha value is -1.36. The molecule has 0 saturated carbocycles. The van der Waals surface area contributed by atoms with Crippen LogP contribution in [0, 0.1) is 12.8 Å². The standard InChI is InChI=1S/C14H25N5/c1-11-9-13(17-14(15-2)16-11)19(4)10-12-5-7-18(3)8-6-12/h9,12H,5-8,10H2,1-4H3,(H,15,16,17). The van der Waals surface area contributed by atoms with Crippen LogP contribution in [0.15, 0.2) is 6.07 Å². The lowest BCUT2D eigenvalue weighted by Gasteiger charge is -2.32. The number of rotatable bonds is 4. The second kappa shape index (κ2) is 6.19. The molecule has 1 saturated heterocycles. The summed E-state index contributed by atoms with van der Waals surface area (Å²) in [6, 6.07) is 2.05. The summed E-state index contributed by atoms with van der Waals surface area (Å²) >= 11 is 0. The fourth-order valence-corrected chi connectivity index (χ4v) is 2.58. The van der Waals surface area contributed by atoms with Crippen molar-refractivity contribution >= 4 is 11.8 Å². The van der Waals surface area contributed by atoms with Crippen LogP contribution in [-0.4, -0.2) is 55.6 Å². The highest BCUT2D eigenvalue weighted by molar-refractivity contribution is 5.43. The topological polar surface area (TPSA) is 44.3 Å². The summed E-state index contributed by atoms with van der Waals surface area (Å²) in [7, 11) is 6.18. The summed E-state index contributed by atoms with van der Waals surface area (Å²) in [6.45, 7) is 5.51. The van der Waals surface area contributed by atoms with Gasteiger partial charge in [-0.3, -0.25) is 0 Å². The molecule has 19 heavy (non-hydrogen) atoms. The molecule has 0 amide bonds. The van der Waals surface area contributed by atoms with E-state index in [0.717, 1.165) is 24.0 Å². The van der Waals surface area contributed by atoms with E-state index in [0.29, 0.717) is 5.95 Å². The Kier molecular flexibility index (Phi) is 4.58. The van der Waals surface area contributed by atoms with Crippen molar-refractivity contribution in [2.45, 2.75) is 19.8 Å². The van der Waals surface area contributed by atoms with Gasteiger partial charge < -0.3 is 15.1 Å². The Morgan fingerprint density at radius 2 is 2.05 bits per heavy atom. The monoisotopic (exact) mass is 263 g/mol. The second-order valence-corrected chi connectivity index (χ2v) is 5.57. The third-order valence-corrected chi connectivity index (χ3v) is 3.83. The van der Waals surface area contributed by atoms with E-state index in [1.54, 1.807) is 0 Å². The molecule has 5 heteroatoms. The van der Waals surface area contributed by atoms with Crippen molar-refractivity contribution in [3.05, 3.63) is 11.8 Å². The molecule has 1 aliphatic heterocycles. The lowest BCUT2D eigenvalue weighted by atomic mass is 9.97. The Morgan fingerprint density at radius 1 is 1.37 bits per heavy atom. The van der Waals surface area contributed by atoms with Gasteiger partial charge in [-0.25, -0.2) is 4.98 Å². The average Bonchev–Trinajstić information content (AvgIpc) is 2.40. The molecule has 106 valence electrons. The van der Waals surface area contributed by atoms with Crippen molar-refractivity contribution in [2.24, 2.45) is 5.92 Å². The Morgan fingerprint density at radius 3 is 2.68 bits per heavy atom. The first-order chi connectivity index (χ1) is 9.08. The summed E-state index contributed by atoms with van der Waals surface area (Å²) in [5.74, 6) is 2.48. The molecule has 1 fully saturated rings. The molecule has 0 aliphatic carbocycles. The maximum atomic E-state index is 4.53. The molecular formula is C14H25N5. The molecule has 0 unspecified atom stereocenters. The van der Waals surface area contributed by atoms with Gasteiger partial charge in [-0.05, 0) is 45.8 Å². The van der Waals surface area contributed by atoms with Gasteiger partial charge in [-0.1, -0.05) is 0 Å². The maximum absolute atomic E-state index is 4.53. The lowest BCUT2D eigenvalue weighted by molar-refractivity contribution is 0.222. The van der Waals surface area contributed by atoms with Crippen LogP contribution in [-0.2, 0) is 0 Å². The number of nitrogens with zero attached hydrogens (tertiary/aromatic N) is 4. The highest BCUT2D eigenvalue weighted by Crippen LogP contribution is 2.20. The minimum absolute atomic E-state index is 0.699. The van der Waals surface area contributed by atoms with Crippen molar-refractivity contribution in [3.63, 3.8) is 0 Å². The zero-order valence-corrected chi connectivity index (χ0v) is 12.5. The van der Waals surface area contributed by atoms with E-state index in [-0.39, 0.29) is 0 Å². The first-order valence-electron chi connectivity index (χ1n) is 7.01. The van der Waals surface area contributed by atoms with Crippen LogP contribution in [0.1, 0.15) is 18.5 Å². The molecule has 0 aromatic carbocycles. The van der Waals surface area contributed by atoms with Crippen molar-refractivity contribution in [1.29, 1.82) is 0 Å². The smallest absolute Gasteiger partial charge is 0.224 e. The van der Waals surface area contributed by atoms with E-state index < -0.39 is 0 Å². The third-order valence-electron chi connectivity index (χ3n) is 3.83. The maximum Gasteiger partial charge on any atom is 0.224 e. The molecule has 2 rings (SSSR count). The zero-order chi connectivity index (χ0) is 13.8. The van der Waals surface area contributed by atoms with E-state index >= 15 is 0 Å². The number of likely N-dealkylation sites (tertiary alicyclic amines) is 1. The van der Waals surface area contributed by atoms with E-state index in [1.807, 2.05) is 14.0 Å². The van der Waals surface area contributed by atoms with E-state index in [2.05, 4.69) is 45.2 Å². The van der Waals surface area contributed by atoms with Gasteiger partial charge in [-0.15, -0.1) is 0 Å². The second-order valence-electron chi connectivity index (χ2n) is 5.57. The first kappa shape index (κ1) is 14.1. The molecule has 0 bridgehead atoms. The van der Waals surface area contributed by atoms with E-state index in [1.165, 1.54) is 25.9 Å². The number of nitrogens with one attached hydrogen (secondary N) is 1. The fourth-order valence-electron chi connectivity index (χ4n) is 2.58. The molecule has 2 heterocycles. The molecule has 1 aromatic rings. The van der Waals surface area contributed by atoms with Gasteiger partial charge in [0.2, 0.25) is 5.95 Å². The number of anilines is 2. The minimum atomic E-state index is 0.699. The van der Waals surface area contributed by atoms with Crippen LogP contribution in [0.4, 0.5) is 11.8 Å². The van der Waals surface area contributed by atoms with Crippen LogP contribution in [0.3, 0.4) is 0 Å². The first-order valence-corrected chi connectivity index (χ1v) is 7.01. The van der Waals surface area contributed by atoms with Crippen molar-refractivity contribution < 1.29 is 0 Å². The SMILES string of the molecule is CNc1nc(C)cc(N(C)CC2CCN(C)CC2)n1. The summed E-state index contributed by atoms with van der Waals surface area (Å²) in [6.07, 6.45) is 2.56. The van der Waals surface area contributed by atoms with Crippen LogP contribution >= 0.6 is 0 Å². The van der Waals surface area contributed by atoms with E-state index in [4.69, 9.17) is 0 Å². The number of hydrogen-bond acceptors (Lipinski definition) is 5. The Balaban J connectivity index is 1.99. The van der Waals surface area contributed by atoms with Crippen LogP contribution in [0.5, 0.6) is 0 Å². The summed E-state index contributed by atoms with van der Waals surface area (Å²) in [5.41, 5.74) is 1.00. The van der Waals surface area contributed by atoms with Gasteiger partial charge in [0.1, 0.15) is 5.82 Å². The predicted molar refractivity (Wildman–Crippen MR) is 79.8 cm³/mol. The lowest BCUT2D eigenvalue weighted by Crippen LogP contribution is -2.36. The van der Waals surface area contributed by atoms with E-state index in [9.17, 15) is 0 Å². The number of aromatic nitrogens is 2. The highest BCUT2D eigenvalue weighted by Gasteiger charge is 2.19. The Labute approximate surface area is 116 Å². The normalized spacial score (nSPS) is 17.5. The summed E-state index contributed by atoms with van der Waals surface area (Å²) < 4.78 is 0. The molecule has 1 aromatic heterocycles. The number of hydrogen-bond donors (Lipinski definition) is 1. The fraction of sp³-hybridized carbons (Fsp3) is 0.714. The van der Waals surface area contributed by atoms with Crippen molar-refractivity contribution in [3.8, 4) is 0 Å². The van der Waals surface area contributed by atoms with Crippen LogP contribution in [0.25, 0.3) is 0 Å². The van der Waals surface area contributed by atoms with Crippen LogP contribution in [0.2, 0.25) is 0 Å². The summed E-state index contributed by atoms with van der Waals surface area (Å²) in [4.78, 5) is 13.5. The van der Waals surface area contributed by atoms with Gasteiger partial charge >= 0.3 is 0 Å². The van der Waals surface area contributed by atoms with Crippen molar-refractivity contribution in [1.82, 2.24) is 14.9 Å². The van der Waals surface area contributed by atoms with Gasteiger partial charge in [0.15, 0.2) is 0 Å². The zero-order valence-electron chi connectivity index (χ0n) is 12.5. The number of piperidine rings is 1. The Bertz CT molecular complexity index is 412. The molecular weight excluding hydrogens is 238 g/mol. The van der Waals surface area contributed by atoms with Gasteiger partial charge in [-0.2, -0.15) is 4.98 Å². The molecule has 5 nitrogen and oxygen atoms in total. The quantitative estimate of drug-likeness (QED) is 0.894. The molecule has 1 aliphatic rings. The minimum Gasteiger partial charge on any atom is -0.359 e. The largest absolute Gasteiger partial charge is 0.359 e. The van der Waals surface area contributed by atoms with Crippen LogP contribution < -0.4 is 10.2 Å². The molecule has 0 atom stereocenters. The molecule has 0 spiro atoms. The molecule has 0 radical (unpaired) electrons. The van der Waals surface area contributed by atoms with Gasteiger partial charge in [0, 0.05) is 32.4 Å². The number of aryl methyl sites for hydroxylation is 1. The van der Waals surface area contributed by atoms with Gasteiger partial charge in [0.05, 0.1) is 0 Å². The summed E-state index contributed by atoms with van der Waals surface area (Å²) in [5, 5.41) is 3.02. The van der Waals surface area contributed by atoms with Gasteiger partial charge in [0.25, 0.3) is 0 Å². The van der Waals surface area contributed by atoms with Crippen molar-refractivity contribution in [2.75, 3.05) is 51.0 Å². The third kappa shape index (κ3) is 3.80.